The van der Waals surface area contributed by atoms with Crippen LogP contribution in [-0.2, 0) is 6.54 Å². The molecule has 0 aliphatic heterocycles. The average Bonchev–Trinajstić information content (AvgIpc) is 2.26. The lowest BCUT2D eigenvalue weighted by Gasteiger charge is -2.19. The van der Waals surface area contributed by atoms with Crippen molar-refractivity contribution in [1.82, 2.24) is 5.32 Å². The third-order valence-corrected chi connectivity index (χ3v) is 2.99. The molecule has 0 heterocycles. The van der Waals surface area contributed by atoms with Crippen LogP contribution in [0.15, 0.2) is 18.2 Å². The van der Waals surface area contributed by atoms with Gasteiger partial charge in [-0.05, 0) is 24.5 Å². The Kier molecular flexibility index (Phi) is 5.75. The number of aromatic hydroxyl groups is 1. The van der Waals surface area contributed by atoms with Crippen LogP contribution in [0.3, 0.4) is 0 Å². The van der Waals surface area contributed by atoms with Crippen molar-refractivity contribution in [2.24, 2.45) is 5.92 Å². The number of phenolic OH excluding ortho intramolecular Hbond substituents is 1. The predicted molar refractivity (Wildman–Crippen MR) is 70.3 cm³/mol. The first kappa shape index (κ1) is 14.3. The Bertz CT molecular complexity index is 335. The molecule has 0 aliphatic carbocycles. The summed E-state index contributed by atoms with van der Waals surface area (Å²) >= 11 is 6.00. The number of aliphatic hydroxyl groups is 1. The van der Waals surface area contributed by atoms with Crippen molar-refractivity contribution in [2.75, 3.05) is 6.61 Å². The van der Waals surface area contributed by atoms with Gasteiger partial charge >= 0.3 is 0 Å². The molecular weight excluding hydrogens is 238 g/mol. The molecule has 1 aromatic rings. The van der Waals surface area contributed by atoms with Gasteiger partial charge < -0.3 is 15.5 Å². The fourth-order valence-electron chi connectivity index (χ4n) is 1.76. The van der Waals surface area contributed by atoms with Crippen molar-refractivity contribution in [3.05, 3.63) is 28.8 Å². The molecule has 1 atom stereocenters. The van der Waals surface area contributed by atoms with Crippen LogP contribution in [0.1, 0.15) is 25.8 Å². The highest BCUT2D eigenvalue weighted by Crippen LogP contribution is 2.25. The van der Waals surface area contributed by atoms with E-state index in [4.69, 9.17) is 11.6 Å². The van der Waals surface area contributed by atoms with Crippen molar-refractivity contribution in [3.63, 3.8) is 0 Å². The standard InChI is InChI=1S/C13H20ClNO2/c1-9(2)6-10(8-16)15-7-11-12(14)4-3-5-13(11)17/h3-5,9-10,15-17H,6-8H2,1-2H3. The Labute approximate surface area is 107 Å². The monoisotopic (exact) mass is 257 g/mol. The van der Waals surface area contributed by atoms with E-state index in [0.29, 0.717) is 23.0 Å². The molecule has 17 heavy (non-hydrogen) atoms. The van der Waals surface area contributed by atoms with Crippen LogP contribution in [0.4, 0.5) is 0 Å². The quantitative estimate of drug-likeness (QED) is 0.734. The van der Waals surface area contributed by atoms with Gasteiger partial charge in [0.25, 0.3) is 0 Å². The fraction of sp³-hybridized carbons (Fsp3) is 0.538. The van der Waals surface area contributed by atoms with Gasteiger partial charge in [0.15, 0.2) is 0 Å². The second kappa shape index (κ2) is 6.84. The van der Waals surface area contributed by atoms with Gasteiger partial charge in [-0.1, -0.05) is 31.5 Å². The van der Waals surface area contributed by atoms with Gasteiger partial charge in [-0.15, -0.1) is 0 Å². The van der Waals surface area contributed by atoms with Gasteiger partial charge in [0.05, 0.1) is 6.61 Å². The molecule has 0 amide bonds. The van der Waals surface area contributed by atoms with Crippen LogP contribution in [-0.4, -0.2) is 22.9 Å². The molecule has 1 rings (SSSR count). The van der Waals surface area contributed by atoms with E-state index >= 15 is 0 Å². The zero-order valence-electron chi connectivity index (χ0n) is 10.3. The summed E-state index contributed by atoms with van der Waals surface area (Å²) in [6, 6.07) is 5.10. The van der Waals surface area contributed by atoms with Gasteiger partial charge in [-0.25, -0.2) is 0 Å². The Morgan fingerprint density at radius 2 is 2.06 bits per heavy atom. The van der Waals surface area contributed by atoms with Crippen LogP contribution in [0, 0.1) is 5.92 Å². The van der Waals surface area contributed by atoms with Crippen LogP contribution in [0.2, 0.25) is 5.02 Å². The second-order valence-corrected chi connectivity index (χ2v) is 5.03. The molecule has 0 bridgehead atoms. The largest absolute Gasteiger partial charge is 0.508 e. The zero-order chi connectivity index (χ0) is 12.8. The number of rotatable bonds is 6. The smallest absolute Gasteiger partial charge is 0.121 e. The summed E-state index contributed by atoms with van der Waals surface area (Å²) in [6.07, 6.45) is 0.891. The molecule has 0 saturated carbocycles. The van der Waals surface area contributed by atoms with Crippen LogP contribution < -0.4 is 5.32 Å². The molecule has 4 heteroatoms. The maximum absolute atomic E-state index is 9.67. The number of halogens is 1. The third kappa shape index (κ3) is 4.54. The minimum absolute atomic E-state index is 0.0330. The van der Waals surface area contributed by atoms with Gasteiger partial charge in [0.1, 0.15) is 5.75 Å². The van der Waals surface area contributed by atoms with Gasteiger partial charge in [-0.3, -0.25) is 0 Å². The summed E-state index contributed by atoms with van der Waals surface area (Å²) in [7, 11) is 0. The number of phenols is 1. The van der Waals surface area contributed by atoms with Crippen molar-refractivity contribution in [2.45, 2.75) is 32.9 Å². The Hall–Kier alpha value is -0.770. The predicted octanol–water partition coefficient (Wildman–Crippen LogP) is 2.54. The SMILES string of the molecule is CC(C)CC(CO)NCc1c(O)cccc1Cl. The Morgan fingerprint density at radius 1 is 1.35 bits per heavy atom. The lowest BCUT2D eigenvalue weighted by atomic mass is 10.0. The Balaban J connectivity index is 2.59. The molecule has 96 valence electrons. The molecule has 0 aromatic heterocycles. The van der Waals surface area contributed by atoms with E-state index in [1.54, 1.807) is 18.2 Å². The highest BCUT2D eigenvalue weighted by atomic mass is 35.5. The molecule has 3 N–H and O–H groups in total. The molecule has 0 saturated heterocycles. The molecule has 3 nitrogen and oxygen atoms in total. The minimum Gasteiger partial charge on any atom is -0.508 e. The van der Waals surface area contributed by atoms with E-state index in [1.807, 2.05) is 0 Å². The zero-order valence-corrected chi connectivity index (χ0v) is 11.0. The highest BCUT2D eigenvalue weighted by Gasteiger charge is 2.11. The molecule has 0 aliphatic rings. The van der Waals surface area contributed by atoms with Gasteiger partial charge in [0.2, 0.25) is 0 Å². The topological polar surface area (TPSA) is 52.5 Å². The fourth-order valence-corrected chi connectivity index (χ4v) is 2.00. The van der Waals surface area contributed by atoms with E-state index in [0.717, 1.165) is 6.42 Å². The summed E-state index contributed by atoms with van der Waals surface area (Å²) in [5.74, 6) is 0.700. The van der Waals surface area contributed by atoms with E-state index in [-0.39, 0.29) is 18.4 Å². The number of aliphatic hydroxyl groups excluding tert-OH is 1. The molecule has 0 radical (unpaired) electrons. The van der Waals surface area contributed by atoms with Crippen LogP contribution in [0.25, 0.3) is 0 Å². The molecule has 0 spiro atoms. The van der Waals surface area contributed by atoms with Crippen molar-refractivity contribution >= 4 is 11.6 Å². The van der Waals surface area contributed by atoms with E-state index in [9.17, 15) is 10.2 Å². The van der Waals surface area contributed by atoms with E-state index in [2.05, 4.69) is 19.2 Å². The maximum atomic E-state index is 9.67. The highest BCUT2D eigenvalue weighted by molar-refractivity contribution is 6.31. The summed E-state index contributed by atoms with van der Waals surface area (Å²) in [5.41, 5.74) is 0.677. The van der Waals surface area contributed by atoms with Crippen molar-refractivity contribution in [1.29, 1.82) is 0 Å². The number of hydrogen-bond donors (Lipinski definition) is 3. The number of hydrogen-bond acceptors (Lipinski definition) is 3. The molecule has 0 fully saturated rings. The van der Waals surface area contributed by atoms with E-state index < -0.39 is 0 Å². The lowest BCUT2D eigenvalue weighted by molar-refractivity contribution is 0.223. The molecular formula is C13H20ClNO2. The molecule has 1 unspecified atom stereocenters. The number of benzene rings is 1. The Morgan fingerprint density at radius 3 is 2.59 bits per heavy atom. The van der Waals surface area contributed by atoms with Crippen LogP contribution in [0.5, 0.6) is 5.75 Å². The average molecular weight is 258 g/mol. The van der Waals surface area contributed by atoms with Gasteiger partial charge in [-0.2, -0.15) is 0 Å². The summed E-state index contributed by atoms with van der Waals surface area (Å²) < 4.78 is 0. The normalized spacial score (nSPS) is 13.0. The third-order valence-electron chi connectivity index (χ3n) is 2.64. The first-order valence-electron chi connectivity index (χ1n) is 5.85. The molecule has 1 aromatic carbocycles. The first-order valence-corrected chi connectivity index (χ1v) is 6.23. The van der Waals surface area contributed by atoms with E-state index in [1.165, 1.54) is 0 Å². The minimum atomic E-state index is 0.0330. The lowest BCUT2D eigenvalue weighted by Crippen LogP contribution is -2.33. The summed E-state index contributed by atoms with van der Waals surface area (Å²) in [6.45, 7) is 4.77. The van der Waals surface area contributed by atoms with Crippen molar-refractivity contribution in [3.8, 4) is 5.75 Å². The summed E-state index contributed by atoms with van der Waals surface area (Å²) in [5, 5.41) is 22.7. The summed E-state index contributed by atoms with van der Waals surface area (Å²) in [4.78, 5) is 0. The first-order chi connectivity index (χ1) is 8.04. The maximum Gasteiger partial charge on any atom is 0.121 e. The van der Waals surface area contributed by atoms with Crippen LogP contribution >= 0.6 is 11.6 Å². The number of nitrogens with one attached hydrogen (secondary N) is 1. The van der Waals surface area contributed by atoms with Gasteiger partial charge in [0, 0.05) is 23.2 Å². The van der Waals surface area contributed by atoms with Crippen molar-refractivity contribution < 1.29 is 10.2 Å². The second-order valence-electron chi connectivity index (χ2n) is 4.63.